The van der Waals surface area contributed by atoms with E-state index in [0.717, 1.165) is 12.4 Å². The van der Waals surface area contributed by atoms with Gasteiger partial charge in [-0.25, -0.2) is 9.97 Å². The molecule has 2 aromatic rings. The van der Waals surface area contributed by atoms with Crippen molar-refractivity contribution in [3.63, 3.8) is 0 Å². The minimum atomic E-state index is -0.251. The number of hydrogen-bond donors (Lipinski definition) is 1. The van der Waals surface area contributed by atoms with Crippen molar-refractivity contribution >= 4 is 17.5 Å². The SMILES string of the molecule is CCn1ccnc1CNC(=O)c1cccnc1Cl. The first kappa shape index (κ1) is 12.6. The molecule has 0 aliphatic carbocycles. The number of nitrogens with one attached hydrogen (secondary N) is 1. The second kappa shape index (κ2) is 5.64. The lowest BCUT2D eigenvalue weighted by atomic mass is 10.2. The Labute approximate surface area is 110 Å². The standard InChI is InChI=1S/C12H13ClN4O/c1-2-17-7-6-14-10(17)8-16-12(18)9-4-3-5-15-11(9)13/h3-7H,2,8H2,1H3,(H,16,18). The van der Waals surface area contributed by atoms with Gasteiger partial charge >= 0.3 is 0 Å². The van der Waals surface area contributed by atoms with E-state index in [1.54, 1.807) is 24.5 Å². The van der Waals surface area contributed by atoms with E-state index in [9.17, 15) is 4.79 Å². The van der Waals surface area contributed by atoms with Gasteiger partial charge < -0.3 is 9.88 Å². The number of pyridine rings is 1. The lowest BCUT2D eigenvalue weighted by Gasteiger charge is -2.07. The smallest absolute Gasteiger partial charge is 0.254 e. The maximum Gasteiger partial charge on any atom is 0.254 e. The zero-order chi connectivity index (χ0) is 13.0. The van der Waals surface area contributed by atoms with Gasteiger partial charge in [-0.05, 0) is 19.1 Å². The summed E-state index contributed by atoms with van der Waals surface area (Å²) in [6.45, 7) is 3.20. The number of aryl methyl sites for hydroxylation is 1. The first-order valence-electron chi connectivity index (χ1n) is 5.61. The fourth-order valence-corrected chi connectivity index (χ4v) is 1.81. The fourth-order valence-electron chi connectivity index (χ4n) is 1.61. The normalized spacial score (nSPS) is 10.3. The molecule has 0 fully saturated rings. The summed E-state index contributed by atoms with van der Waals surface area (Å²) in [5.41, 5.74) is 0.369. The quantitative estimate of drug-likeness (QED) is 0.858. The minimum absolute atomic E-state index is 0.203. The third-order valence-electron chi connectivity index (χ3n) is 2.55. The molecule has 94 valence electrons. The summed E-state index contributed by atoms with van der Waals surface area (Å²) in [5, 5.41) is 2.97. The second-order valence-electron chi connectivity index (χ2n) is 3.65. The monoisotopic (exact) mass is 264 g/mol. The summed E-state index contributed by atoms with van der Waals surface area (Å²) < 4.78 is 1.96. The van der Waals surface area contributed by atoms with E-state index >= 15 is 0 Å². The third kappa shape index (κ3) is 2.68. The lowest BCUT2D eigenvalue weighted by molar-refractivity contribution is 0.0949. The van der Waals surface area contributed by atoms with Crippen molar-refractivity contribution in [2.45, 2.75) is 20.0 Å². The van der Waals surface area contributed by atoms with Crippen LogP contribution in [0.25, 0.3) is 0 Å². The van der Waals surface area contributed by atoms with Gasteiger partial charge in [0.25, 0.3) is 5.91 Å². The largest absolute Gasteiger partial charge is 0.345 e. The summed E-state index contributed by atoms with van der Waals surface area (Å²) in [7, 11) is 0. The summed E-state index contributed by atoms with van der Waals surface area (Å²) in [6, 6.07) is 3.31. The van der Waals surface area contributed by atoms with Crippen LogP contribution in [0.4, 0.5) is 0 Å². The van der Waals surface area contributed by atoms with E-state index in [1.807, 2.05) is 17.7 Å². The van der Waals surface area contributed by atoms with Gasteiger partial charge in [-0.15, -0.1) is 0 Å². The van der Waals surface area contributed by atoms with Crippen molar-refractivity contribution in [1.82, 2.24) is 19.9 Å². The van der Waals surface area contributed by atoms with E-state index in [1.165, 1.54) is 0 Å². The highest BCUT2D eigenvalue weighted by Crippen LogP contribution is 2.11. The van der Waals surface area contributed by atoms with Gasteiger partial charge in [0.1, 0.15) is 11.0 Å². The molecular formula is C12H13ClN4O. The molecule has 5 nitrogen and oxygen atoms in total. The highest BCUT2D eigenvalue weighted by Gasteiger charge is 2.11. The summed E-state index contributed by atoms with van der Waals surface area (Å²) in [4.78, 5) is 19.9. The van der Waals surface area contributed by atoms with Gasteiger partial charge in [0, 0.05) is 25.1 Å². The number of rotatable bonds is 4. The Balaban J connectivity index is 2.03. The van der Waals surface area contributed by atoms with Crippen molar-refractivity contribution in [3.8, 4) is 0 Å². The van der Waals surface area contributed by atoms with Crippen LogP contribution in [0.15, 0.2) is 30.7 Å². The Kier molecular flexibility index (Phi) is 3.94. The van der Waals surface area contributed by atoms with E-state index in [-0.39, 0.29) is 11.1 Å². The molecule has 0 atom stereocenters. The molecule has 18 heavy (non-hydrogen) atoms. The Hall–Kier alpha value is -1.88. The molecule has 0 bridgehead atoms. The molecule has 1 N–H and O–H groups in total. The van der Waals surface area contributed by atoms with Crippen molar-refractivity contribution in [2.75, 3.05) is 0 Å². The molecule has 0 radical (unpaired) electrons. The molecule has 0 aliphatic rings. The first-order chi connectivity index (χ1) is 8.72. The van der Waals surface area contributed by atoms with Crippen LogP contribution >= 0.6 is 11.6 Å². The molecule has 0 saturated carbocycles. The van der Waals surface area contributed by atoms with Gasteiger partial charge in [0.2, 0.25) is 0 Å². The highest BCUT2D eigenvalue weighted by molar-refractivity contribution is 6.32. The Morgan fingerprint density at radius 1 is 1.44 bits per heavy atom. The van der Waals surface area contributed by atoms with Crippen LogP contribution in [0.5, 0.6) is 0 Å². The van der Waals surface area contributed by atoms with E-state index in [4.69, 9.17) is 11.6 Å². The lowest BCUT2D eigenvalue weighted by Crippen LogP contribution is -2.25. The van der Waals surface area contributed by atoms with Crippen LogP contribution < -0.4 is 5.32 Å². The van der Waals surface area contributed by atoms with Crippen LogP contribution in [0.1, 0.15) is 23.1 Å². The molecular weight excluding hydrogens is 252 g/mol. The Morgan fingerprint density at radius 2 is 2.28 bits per heavy atom. The fraction of sp³-hybridized carbons (Fsp3) is 0.250. The van der Waals surface area contributed by atoms with Gasteiger partial charge in [-0.1, -0.05) is 11.6 Å². The molecule has 2 aromatic heterocycles. The van der Waals surface area contributed by atoms with E-state index < -0.39 is 0 Å². The number of hydrogen-bond acceptors (Lipinski definition) is 3. The number of halogens is 1. The van der Waals surface area contributed by atoms with Crippen LogP contribution in [0.3, 0.4) is 0 Å². The first-order valence-corrected chi connectivity index (χ1v) is 5.99. The highest BCUT2D eigenvalue weighted by atomic mass is 35.5. The number of carbonyl (C=O) groups excluding carboxylic acids is 1. The number of amides is 1. The second-order valence-corrected chi connectivity index (χ2v) is 4.01. The van der Waals surface area contributed by atoms with Gasteiger partial charge in [0.05, 0.1) is 12.1 Å². The van der Waals surface area contributed by atoms with Crippen LogP contribution in [0, 0.1) is 0 Å². The topological polar surface area (TPSA) is 59.8 Å². The van der Waals surface area contributed by atoms with Crippen molar-refractivity contribution in [3.05, 3.63) is 47.3 Å². The predicted octanol–water partition coefficient (Wildman–Crippen LogP) is 1.88. The van der Waals surface area contributed by atoms with Gasteiger partial charge in [0.15, 0.2) is 0 Å². The zero-order valence-corrected chi connectivity index (χ0v) is 10.7. The van der Waals surface area contributed by atoms with Gasteiger partial charge in [-0.2, -0.15) is 0 Å². The van der Waals surface area contributed by atoms with E-state index in [2.05, 4.69) is 15.3 Å². The maximum absolute atomic E-state index is 11.9. The predicted molar refractivity (Wildman–Crippen MR) is 68.3 cm³/mol. The van der Waals surface area contributed by atoms with Crippen molar-refractivity contribution in [1.29, 1.82) is 0 Å². The van der Waals surface area contributed by atoms with Crippen molar-refractivity contribution < 1.29 is 4.79 Å². The molecule has 0 aliphatic heterocycles. The molecule has 0 unspecified atom stereocenters. The molecule has 0 saturated heterocycles. The summed E-state index contributed by atoms with van der Waals surface area (Å²) >= 11 is 5.85. The van der Waals surface area contributed by atoms with Crippen LogP contribution in [-0.4, -0.2) is 20.4 Å². The molecule has 0 spiro atoms. The Bertz CT molecular complexity index is 553. The third-order valence-corrected chi connectivity index (χ3v) is 2.85. The molecule has 2 heterocycles. The molecule has 2 rings (SSSR count). The summed E-state index contributed by atoms with van der Waals surface area (Å²) in [5.74, 6) is 0.560. The minimum Gasteiger partial charge on any atom is -0.345 e. The molecule has 6 heteroatoms. The van der Waals surface area contributed by atoms with Crippen molar-refractivity contribution in [2.24, 2.45) is 0 Å². The average Bonchev–Trinajstić information content (AvgIpc) is 2.84. The number of aromatic nitrogens is 3. The molecule has 0 aromatic carbocycles. The number of carbonyl (C=O) groups is 1. The maximum atomic E-state index is 11.9. The molecule has 1 amide bonds. The number of nitrogens with zero attached hydrogens (tertiary/aromatic N) is 3. The average molecular weight is 265 g/mol. The Morgan fingerprint density at radius 3 is 3.00 bits per heavy atom. The van der Waals surface area contributed by atoms with Gasteiger partial charge in [-0.3, -0.25) is 4.79 Å². The van der Waals surface area contributed by atoms with E-state index in [0.29, 0.717) is 12.1 Å². The van der Waals surface area contributed by atoms with Crippen LogP contribution in [0.2, 0.25) is 5.15 Å². The zero-order valence-electron chi connectivity index (χ0n) is 9.93. The number of imidazole rings is 1. The van der Waals surface area contributed by atoms with Crippen LogP contribution in [-0.2, 0) is 13.1 Å². The summed E-state index contributed by atoms with van der Waals surface area (Å²) in [6.07, 6.45) is 5.13.